The predicted molar refractivity (Wildman–Crippen MR) is 91.8 cm³/mol. The van der Waals surface area contributed by atoms with E-state index >= 15 is 0 Å². The number of hydrogen-bond acceptors (Lipinski definition) is 4. The van der Waals surface area contributed by atoms with Gasteiger partial charge in [0, 0.05) is 31.1 Å². The van der Waals surface area contributed by atoms with E-state index in [1.807, 2.05) is 12.1 Å². The van der Waals surface area contributed by atoms with Crippen molar-refractivity contribution in [2.75, 3.05) is 23.7 Å². The van der Waals surface area contributed by atoms with E-state index < -0.39 is 10.0 Å². The number of pyridine rings is 1. The van der Waals surface area contributed by atoms with Crippen LogP contribution >= 0.6 is 0 Å². The molecule has 1 aromatic heterocycles. The van der Waals surface area contributed by atoms with Crippen molar-refractivity contribution in [2.24, 2.45) is 0 Å². The number of fused-ring (bicyclic) bond motifs is 1. The van der Waals surface area contributed by atoms with E-state index in [2.05, 4.69) is 16.9 Å². The van der Waals surface area contributed by atoms with Crippen LogP contribution in [0.15, 0.2) is 49.2 Å². The predicted octanol–water partition coefficient (Wildman–Crippen LogP) is 1.69. The smallest absolute Gasteiger partial charge is 0.232 e. The van der Waals surface area contributed by atoms with Crippen LogP contribution in [0, 0.1) is 0 Å². The van der Waals surface area contributed by atoms with Crippen molar-refractivity contribution >= 4 is 32.5 Å². The molecule has 0 saturated carbocycles. The number of sulfonamides is 1. The number of benzene rings is 1. The topological polar surface area (TPSA) is 79.4 Å². The molecule has 0 aliphatic rings. The zero-order chi connectivity index (χ0) is 16.9. The summed E-state index contributed by atoms with van der Waals surface area (Å²) in [6, 6.07) is 8.99. The van der Waals surface area contributed by atoms with E-state index in [9.17, 15) is 13.2 Å². The van der Waals surface area contributed by atoms with Crippen LogP contribution in [-0.4, -0.2) is 38.7 Å². The molecule has 0 radical (unpaired) electrons. The second-order valence-electron chi connectivity index (χ2n) is 5.03. The van der Waals surface area contributed by atoms with Crippen LogP contribution < -0.4 is 9.62 Å². The first-order valence-corrected chi connectivity index (χ1v) is 8.97. The molecular formula is C16H19N3O3S. The Morgan fingerprint density at radius 3 is 2.78 bits per heavy atom. The van der Waals surface area contributed by atoms with Gasteiger partial charge in [-0.05, 0) is 12.1 Å². The van der Waals surface area contributed by atoms with E-state index in [0.29, 0.717) is 17.7 Å². The highest BCUT2D eigenvalue weighted by atomic mass is 32.2. The lowest BCUT2D eigenvalue weighted by Crippen LogP contribution is -2.34. The Bertz CT molecular complexity index is 813. The fourth-order valence-electron chi connectivity index (χ4n) is 2.23. The summed E-state index contributed by atoms with van der Waals surface area (Å²) in [5.74, 6) is -0.230. The molecule has 0 fully saturated rings. The van der Waals surface area contributed by atoms with Gasteiger partial charge >= 0.3 is 0 Å². The third-order valence-electron chi connectivity index (χ3n) is 3.27. The standard InChI is InChI=1S/C16H19N3O3S/c1-3-10-17-15(20)9-12-19(23(2,21)22)14-8-4-6-13-7-5-11-18-16(13)14/h3-8,11H,1,9-10,12H2,2H3,(H,17,20). The first-order valence-electron chi connectivity index (χ1n) is 7.12. The van der Waals surface area contributed by atoms with Crippen LogP contribution in [0.25, 0.3) is 10.9 Å². The SMILES string of the molecule is C=CCNC(=O)CCN(c1cccc2cccnc12)S(C)(=O)=O. The van der Waals surface area contributed by atoms with Gasteiger partial charge in [0.25, 0.3) is 0 Å². The first-order chi connectivity index (χ1) is 10.9. The molecule has 6 nitrogen and oxygen atoms in total. The Morgan fingerprint density at radius 1 is 1.35 bits per heavy atom. The van der Waals surface area contributed by atoms with E-state index in [4.69, 9.17) is 0 Å². The maximum absolute atomic E-state index is 12.2. The summed E-state index contributed by atoms with van der Waals surface area (Å²) < 4.78 is 25.5. The third kappa shape index (κ3) is 4.29. The molecule has 0 bridgehead atoms. The molecule has 0 spiro atoms. The lowest BCUT2D eigenvalue weighted by molar-refractivity contribution is -0.120. The Labute approximate surface area is 135 Å². The normalized spacial score (nSPS) is 11.2. The van der Waals surface area contributed by atoms with Gasteiger partial charge in [0.2, 0.25) is 15.9 Å². The van der Waals surface area contributed by atoms with Gasteiger partial charge in [0.15, 0.2) is 0 Å². The minimum Gasteiger partial charge on any atom is -0.353 e. The fourth-order valence-corrected chi connectivity index (χ4v) is 3.16. The number of aromatic nitrogens is 1. The zero-order valence-corrected chi connectivity index (χ0v) is 13.7. The van der Waals surface area contributed by atoms with E-state index in [1.165, 1.54) is 4.31 Å². The van der Waals surface area contributed by atoms with Crippen LogP contribution in [0.1, 0.15) is 6.42 Å². The minimum absolute atomic E-state index is 0.0531. The highest BCUT2D eigenvalue weighted by molar-refractivity contribution is 7.92. The van der Waals surface area contributed by atoms with Gasteiger partial charge in [-0.25, -0.2) is 8.42 Å². The number of anilines is 1. The summed E-state index contributed by atoms with van der Waals surface area (Å²) in [5.41, 5.74) is 1.06. The molecule has 0 unspecified atom stereocenters. The van der Waals surface area contributed by atoms with Crippen molar-refractivity contribution in [1.82, 2.24) is 10.3 Å². The molecule has 1 amide bonds. The summed E-state index contributed by atoms with van der Waals surface area (Å²) >= 11 is 0. The van der Waals surface area contributed by atoms with Gasteiger partial charge in [-0.3, -0.25) is 14.1 Å². The van der Waals surface area contributed by atoms with Crippen molar-refractivity contribution < 1.29 is 13.2 Å². The number of para-hydroxylation sites is 1. The van der Waals surface area contributed by atoms with Gasteiger partial charge < -0.3 is 5.32 Å². The lowest BCUT2D eigenvalue weighted by Gasteiger charge is -2.23. The molecule has 0 saturated heterocycles. The van der Waals surface area contributed by atoms with E-state index in [0.717, 1.165) is 11.6 Å². The fraction of sp³-hybridized carbons (Fsp3) is 0.250. The molecule has 122 valence electrons. The van der Waals surface area contributed by atoms with Gasteiger partial charge in [-0.2, -0.15) is 0 Å². The molecule has 23 heavy (non-hydrogen) atoms. The summed E-state index contributed by atoms with van der Waals surface area (Å²) in [5, 5.41) is 3.48. The number of nitrogens with zero attached hydrogens (tertiary/aromatic N) is 2. The summed E-state index contributed by atoms with van der Waals surface area (Å²) in [6.07, 6.45) is 4.37. The second-order valence-corrected chi connectivity index (χ2v) is 6.94. The minimum atomic E-state index is -3.53. The van der Waals surface area contributed by atoms with Crippen molar-refractivity contribution in [3.63, 3.8) is 0 Å². The number of rotatable bonds is 7. The molecule has 7 heteroatoms. The van der Waals surface area contributed by atoms with Crippen LogP contribution in [0.5, 0.6) is 0 Å². The number of amides is 1. The number of nitrogens with one attached hydrogen (secondary N) is 1. The maximum Gasteiger partial charge on any atom is 0.232 e. The van der Waals surface area contributed by atoms with Crippen LogP contribution in [0.3, 0.4) is 0 Å². The molecule has 1 N–H and O–H groups in total. The summed E-state index contributed by atoms with van der Waals surface area (Å²) in [6.45, 7) is 3.93. The number of carbonyl (C=O) groups is 1. The zero-order valence-electron chi connectivity index (χ0n) is 12.9. The molecule has 2 rings (SSSR count). The molecular weight excluding hydrogens is 314 g/mol. The van der Waals surface area contributed by atoms with Crippen molar-refractivity contribution in [3.05, 3.63) is 49.2 Å². The van der Waals surface area contributed by atoms with Crippen LogP contribution in [-0.2, 0) is 14.8 Å². The quantitative estimate of drug-likeness (QED) is 0.782. The highest BCUT2D eigenvalue weighted by Crippen LogP contribution is 2.26. The van der Waals surface area contributed by atoms with Gasteiger partial charge in [0.1, 0.15) is 0 Å². The highest BCUT2D eigenvalue weighted by Gasteiger charge is 2.21. The van der Waals surface area contributed by atoms with Crippen molar-refractivity contribution in [3.8, 4) is 0 Å². The van der Waals surface area contributed by atoms with Gasteiger partial charge in [-0.15, -0.1) is 6.58 Å². The number of hydrogen-bond donors (Lipinski definition) is 1. The van der Waals surface area contributed by atoms with Crippen LogP contribution in [0.4, 0.5) is 5.69 Å². The molecule has 2 aromatic rings. The Kier molecular flexibility index (Phi) is 5.33. The molecule has 1 aromatic carbocycles. The maximum atomic E-state index is 12.2. The van der Waals surface area contributed by atoms with E-state index in [-0.39, 0.29) is 18.9 Å². The summed E-state index contributed by atoms with van der Waals surface area (Å²) in [4.78, 5) is 16.0. The average molecular weight is 333 g/mol. The Morgan fingerprint density at radius 2 is 2.09 bits per heavy atom. The van der Waals surface area contributed by atoms with Gasteiger partial charge in [-0.1, -0.05) is 24.3 Å². The Balaban J connectivity index is 2.32. The largest absolute Gasteiger partial charge is 0.353 e. The molecule has 1 heterocycles. The molecule has 0 atom stereocenters. The summed E-state index contributed by atoms with van der Waals surface area (Å²) in [7, 11) is -3.53. The van der Waals surface area contributed by atoms with Crippen LogP contribution in [0.2, 0.25) is 0 Å². The van der Waals surface area contributed by atoms with Gasteiger partial charge in [0.05, 0.1) is 17.5 Å². The average Bonchev–Trinajstić information content (AvgIpc) is 2.52. The number of carbonyl (C=O) groups excluding carboxylic acids is 1. The van der Waals surface area contributed by atoms with E-state index in [1.54, 1.807) is 30.5 Å². The van der Waals surface area contributed by atoms with Crippen molar-refractivity contribution in [2.45, 2.75) is 6.42 Å². The second kappa shape index (κ2) is 7.23. The molecule has 0 aliphatic heterocycles. The first kappa shape index (κ1) is 17.0. The monoisotopic (exact) mass is 333 g/mol. The third-order valence-corrected chi connectivity index (χ3v) is 4.45. The lowest BCUT2D eigenvalue weighted by atomic mass is 10.2. The molecule has 0 aliphatic carbocycles. The van der Waals surface area contributed by atoms with Crippen molar-refractivity contribution in [1.29, 1.82) is 0 Å². The Hall–Kier alpha value is -2.41.